The number of furan rings is 2. The van der Waals surface area contributed by atoms with Crippen LogP contribution in [-0.4, -0.2) is 28.7 Å². The van der Waals surface area contributed by atoms with Crippen molar-refractivity contribution in [3.63, 3.8) is 0 Å². The van der Waals surface area contributed by atoms with Crippen LogP contribution >= 0.6 is 0 Å². The second-order valence-electron chi connectivity index (χ2n) is 6.11. The molecule has 6 nitrogen and oxygen atoms in total. The van der Waals surface area contributed by atoms with Crippen molar-refractivity contribution in [2.24, 2.45) is 0 Å². The first kappa shape index (κ1) is 16.4. The lowest BCUT2D eigenvalue weighted by molar-refractivity contribution is 0.288. The number of aliphatic hydroxyl groups is 1. The molecular weight excluding hydrogens is 330 g/mol. The highest BCUT2D eigenvalue weighted by molar-refractivity contribution is 5.93. The SMILES string of the molecule is Cc1ccc(N(C)c2ncnc3ccc(-c4ccc(CCO)o4)cc23)o1. The van der Waals surface area contributed by atoms with Crippen LogP contribution in [0, 0.1) is 6.92 Å². The summed E-state index contributed by atoms with van der Waals surface area (Å²) in [7, 11) is 1.92. The molecule has 0 unspecified atom stereocenters. The van der Waals surface area contributed by atoms with Crippen LogP contribution in [0.3, 0.4) is 0 Å². The molecule has 3 aromatic heterocycles. The van der Waals surface area contributed by atoms with Crippen molar-refractivity contribution >= 4 is 22.6 Å². The second kappa shape index (κ2) is 6.65. The molecule has 6 heteroatoms. The van der Waals surface area contributed by atoms with Crippen molar-refractivity contribution in [3.05, 3.63) is 60.3 Å². The highest BCUT2D eigenvalue weighted by Gasteiger charge is 2.15. The normalized spacial score (nSPS) is 11.2. The van der Waals surface area contributed by atoms with Crippen LogP contribution in [0.15, 0.2) is 57.6 Å². The van der Waals surface area contributed by atoms with Gasteiger partial charge in [-0.3, -0.25) is 4.90 Å². The van der Waals surface area contributed by atoms with Gasteiger partial charge in [0.1, 0.15) is 29.4 Å². The molecule has 0 aliphatic rings. The second-order valence-corrected chi connectivity index (χ2v) is 6.11. The van der Waals surface area contributed by atoms with Crippen LogP contribution < -0.4 is 4.90 Å². The molecule has 3 heterocycles. The molecule has 0 fully saturated rings. The Labute approximate surface area is 150 Å². The third-order valence-corrected chi connectivity index (χ3v) is 4.29. The predicted molar refractivity (Wildman–Crippen MR) is 99.5 cm³/mol. The van der Waals surface area contributed by atoms with Gasteiger partial charge in [0.25, 0.3) is 0 Å². The number of benzene rings is 1. The number of anilines is 2. The Morgan fingerprint density at radius 3 is 2.69 bits per heavy atom. The van der Waals surface area contributed by atoms with Gasteiger partial charge in [-0.25, -0.2) is 9.97 Å². The molecule has 0 saturated heterocycles. The maximum atomic E-state index is 9.06. The number of aromatic nitrogens is 2. The molecule has 0 bridgehead atoms. The summed E-state index contributed by atoms with van der Waals surface area (Å²) in [5, 5.41) is 9.96. The molecule has 0 amide bonds. The van der Waals surface area contributed by atoms with E-state index in [1.807, 2.05) is 61.3 Å². The van der Waals surface area contributed by atoms with Crippen LogP contribution in [0.4, 0.5) is 11.7 Å². The van der Waals surface area contributed by atoms with Crippen molar-refractivity contribution in [2.75, 3.05) is 18.6 Å². The largest absolute Gasteiger partial charge is 0.461 e. The third kappa shape index (κ3) is 2.95. The number of rotatable bonds is 5. The van der Waals surface area contributed by atoms with E-state index in [9.17, 15) is 0 Å². The Balaban J connectivity index is 1.79. The quantitative estimate of drug-likeness (QED) is 0.585. The highest BCUT2D eigenvalue weighted by Crippen LogP contribution is 2.32. The van der Waals surface area contributed by atoms with Crippen LogP contribution in [0.2, 0.25) is 0 Å². The van der Waals surface area contributed by atoms with E-state index in [1.54, 1.807) is 6.33 Å². The molecule has 1 aromatic carbocycles. The summed E-state index contributed by atoms with van der Waals surface area (Å²) in [6.45, 7) is 1.98. The van der Waals surface area contributed by atoms with E-state index >= 15 is 0 Å². The van der Waals surface area contributed by atoms with Gasteiger partial charge in [0.05, 0.1) is 12.1 Å². The van der Waals surface area contributed by atoms with E-state index in [-0.39, 0.29) is 6.61 Å². The Morgan fingerprint density at radius 2 is 1.92 bits per heavy atom. The summed E-state index contributed by atoms with van der Waals surface area (Å²) in [6.07, 6.45) is 2.05. The summed E-state index contributed by atoms with van der Waals surface area (Å²) in [4.78, 5) is 10.7. The summed E-state index contributed by atoms with van der Waals surface area (Å²) in [5.41, 5.74) is 1.78. The number of hydrogen-bond acceptors (Lipinski definition) is 6. The Kier molecular flexibility index (Phi) is 4.18. The number of aryl methyl sites for hydroxylation is 1. The maximum Gasteiger partial charge on any atom is 0.200 e. The van der Waals surface area contributed by atoms with Crippen LogP contribution in [0.5, 0.6) is 0 Å². The van der Waals surface area contributed by atoms with Crippen molar-refractivity contribution < 1.29 is 13.9 Å². The summed E-state index contributed by atoms with van der Waals surface area (Å²) in [6, 6.07) is 13.6. The fourth-order valence-electron chi connectivity index (χ4n) is 2.95. The monoisotopic (exact) mass is 349 g/mol. The van der Waals surface area contributed by atoms with Crippen molar-refractivity contribution in [1.29, 1.82) is 0 Å². The molecule has 0 atom stereocenters. The molecule has 0 aliphatic carbocycles. The standard InChI is InChI=1S/C20H19N3O3/c1-13-3-8-19(25-13)23(2)20-16-11-14(4-6-17(16)21-12-22-20)18-7-5-15(26-18)9-10-24/h3-8,11-12,24H,9-10H2,1-2H3. The average Bonchev–Trinajstić information content (AvgIpc) is 3.30. The van der Waals surface area contributed by atoms with Gasteiger partial charge < -0.3 is 13.9 Å². The number of aliphatic hydroxyl groups excluding tert-OH is 1. The van der Waals surface area contributed by atoms with E-state index in [0.717, 1.165) is 45.4 Å². The minimum Gasteiger partial charge on any atom is -0.461 e. The van der Waals surface area contributed by atoms with Gasteiger partial charge in [-0.15, -0.1) is 0 Å². The lowest BCUT2D eigenvalue weighted by Gasteiger charge is -2.17. The molecular formula is C20H19N3O3. The molecule has 132 valence electrons. The Morgan fingerprint density at radius 1 is 1.04 bits per heavy atom. The van der Waals surface area contributed by atoms with Crippen molar-refractivity contribution in [2.45, 2.75) is 13.3 Å². The smallest absolute Gasteiger partial charge is 0.200 e. The van der Waals surface area contributed by atoms with E-state index in [0.29, 0.717) is 6.42 Å². The van der Waals surface area contributed by atoms with E-state index in [1.165, 1.54) is 0 Å². The van der Waals surface area contributed by atoms with E-state index in [2.05, 4.69) is 9.97 Å². The average molecular weight is 349 g/mol. The predicted octanol–water partition coefficient (Wildman–Crippen LogP) is 4.09. The zero-order valence-electron chi connectivity index (χ0n) is 14.6. The molecule has 0 radical (unpaired) electrons. The fraction of sp³-hybridized carbons (Fsp3) is 0.200. The number of fused-ring (bicyclic) bond motifs is 1. The van der Waals surface area contributed by atoms with Gasteiger partial charge in [0.2, 0.25) is 5.88 Å². The minimum atomic E-state index is 0.0655. The minimum absolute atomic E-state index is 0.0655. The Hall–Kier alpha value is -3.12. The Bertz CT molecular complexity index is 1050. The number of hydrogen-bond donors (Lipinski definition) is 1. The molecule has 0 aliphatic heterocycles. The first-order chi connectivity index (χ1) is 12.7. The van der Waals surface area contributed by atoms with Crippen LogP contribution in [0.1, 0.15) is 11.5 Å². The molecule has 1 N–H and O–H groups in total. The summed E-state index contributed by atoms with van der Waals surface area (Å²) < 4.78 is 11.5. The maximum absolute atomic E-state index is 9.06. The molecule has 4 rings (SSSR count). The van der Waals surface area contributed by atoms with Crippen LogP contribution in [0.25, 0.3) is 22.2 Å². The molecule has 0 spiro atoms. The van der Waals surface area contributed by atoms with Crippen LogP contribution in [-0.2, 0) is 6.42 Å². The van der Waals surface area contributed by atoms with Gasteiger partial charge in [0, 0.05) is 30.5 Å². The summed E-state index contributed by atoms with van der Waals surface area (Å²) >= 11 is 0. The lowest BCUT2D eigenvalue weighted by Crippen LogP contribution is -2.11. The van der Waals surface area contributed by atoms with E-state index < -0.39 is 0 Å². The fourth-order valence-corrected chi connectivity index (χ4v) is 2.95. The first-order valence-electron chi connectivity index (χ1n) is 8.40. The third-order valence-electron chi connectivity index (χ3n) is 4.29. The molecule has 4 aromatic rings. The van der Waals surface area contributed by atoms with E-state index in [4.69, 9.17) is 13.9 Å². The number of nitrogens with zero attached hydrogens (tertiary/aromatic N) is 3. The van der Waals surface area contributed by atoms with Gasteiger partial charge in [-0.05, 0) is 43.3 Å². The van der Waals surface area contributed by atoms with Crippen molar-refractivity contribution in [1.82, 2.24) is 9.97 Å². The lowest BCUT2D eigenvalue weighted by atomic mass is 10.1. The molecule has 0 saturated carbocycles. The summed E-state index contributed by atoms with van der Waals surface area (Å²) in [5.74, 6) is 3.83. The molecule has 26 heavy (non-hydrogen) atoms. The first-order valence-corrected chi connectivity index (χ1v) is 8.40. The van der Waals surface area contributed by atoms with Gasteiger partial charge in [0.15, 0.2) is 0 Å². The van der Waals surface area contributed by atoms with Gasteiger partial charge in [-0.2, -0.15) is 0 Å². The zero-order chi connectivity index (χ0) is 18.1. The van der Waals surface area contributed by atoms with Gasteiger partial charge in [-0.1, -0.05) is 0 Å². The zero-order valence-corrected chi connectivity index (χ0v) is 14.6. The highest BCUT2D eigenvalue weighted by atomic mass is 16.4. The van der Waals surface area contributed by atoms with Gasteiger partial charge >= 0.3 is 0 Å². The topological polar surface area (TPSA) is 75.5 Å². The van der Waals surface area contributed by atoms with Crippen molar-refractivity contribution in [3.8, 4) is 11.3 Å².